The minimum Gasteiger partial charge on any atom is -0.340 e. The minimum atomic E-state index is -0.821. The van der Waals surface area contributed by atoms with E-state index < -0.39 is 5.54 Å². The lowest BCUT2D eigenvalue weighted by Crippen LogP contribution is -2.65. The Morgan fingerprint density at radius 3 is 2.74 bits per heavy atom. The van der Waals surface area contributed by atoms with Gasteiger partial charge in [0.05, 0.1) is 5.69 Å². The third kappa shape index (κ3) is 2.52. The van der Waals surface area contributed by atoms with E-state index in [9.17, 15) is 9.59 Å². The van der Waals surface area contributed by atoms with Gasteiger partial charge in [-0.25, -0.2) is 0 Å². The lowest BCUT2D eigenvalue weighted by Gasteiger charge is -2.39. The summed E-state index contributed by atoms with van der Waals surface area (Å²) < 4.78 is 0.819. The summed E-state index contributed by atoms with van der Waals surface area (Å²) in [4.78, 5) is 26.0. The molecule has 1 unspecified atom stereocenters. The molecule has 0 radical (unpaired) electrons. The zero-order valence-electron chi connectivity index (χ0n) is 11.3. The number of amides is 2. The number of nitrogens with one attached hydrogen (secondary N) is 1. The zero-order chi connectivity index (χ0) is 14.2. The normalized spacial score (nSPS) is 23.5. The molecule has 1 saturated heterocycles. The number of aryl methyl sites for hydroxylation is 1. The molecule has 0 aromatic heterocycles. The fourth-order valence-corrected chi connectivity index (χ4v) is 2.64. The van der Waals surface area contributed by atoms with Crippen molar-refractivity contribution in [3.05, 3.63) is 28.2 Å². The van der Waals surface area contributed by atoms with Crippen molar-refractivity contribution in [3.8, 4) is 0 Å². The van der Waals surface area contributed by atoms with E-state index in [2.05, 4.69) is 21.2 Å². The number of carbonyl (C=O) groups excluding carboxylic acids is 2. The van der Waals surface area contributed by atoms with Gasteiger partial charge >= 0.3 is 0 Å². The highest BCUT2D eigenvalue weighted by molar-refractivity contribution is 9.10. The summed E-state index contributed by atoms with van der Waals surface area (Å²) in [6, 6.07) is 5.77. The lowest BCUT2D eigenvalue weighted by molar-refractivity contribution is -0.135. The van der Waals surface area contributed by atoms with Crippen molar-refractivity contribution in [2.24, 2.45) is 0 Å². The molecule has 4 nitrogen and oxygen atoms in total. The Balaban J connectivity index is 2.46. The number of hydrogen-bond donors (Lipinski definition) is 1. The second kappa shape index (κ2) is 4.96. The maximum absolute atomic E-state index is 12.6. The third-order valence-electron chi connectivity index (χ3n) is 3.53. The van der Waals surface area contributed by atoms with Gasteiger partial charge in [0.2, 0.25) is 5.91 Å². The topological polar surface area (TPSA) is 49.4 Å². The van der Waals surface area contributed by atoms with Crippen molar-refractivity contribution in [2.75, 3.05) is 11.4 Å². The van der Waals surface area contributed by atoms with E-state index in [1.807, 2.05) is 32.0 Å². The van der Waals surface area contributed by atoms with Gasteiger partial charge in [-0.15, -0.1) is 0 Å². The molecule has 1 atom stereocenters. The quantitative estimate of drug-likeness (QED) is 0.908. The summed E-state index contributed by atoms with van der Waals surface area (Å²) in [6.07, 6.45) is 0.567. The van der Waals surface area contributed by atoms with Crippen molar-refractivity contribution >= 4 is 33.4 Å². The first-order chi connectivity index (χ1) is 8.87. The number of carbonyl (C=O) groups is 2. The maximum Gasteiger partial charge on any atom is 0.252 e. The fourth-order valence-electron chi connectivity index (χ4n) is 2.18. The van der Waals surface area contributed by atoms with E-state index in [-0.39, 0.29) is 18.4 Å². The van der Waals surface area contributed by atoms with E-state index in [0.717, 1.165) is 15.7 Å². The molecular formula is C14H17BrN2O2. The van der Waals surface area contributed by atoms with Crippen LogP contribution in [-0.4, -0.2) is 23.9 Å². The van der Waals surface area contributed by atoms with Crippen LogP contribution in [0.4, 0.5) is 5.69 Å². The van der Waals surface area contributed by atoms with Crippen LogP contribution in [0.3, 0.4) is 0 Å². The van der Waals surface area contributed by atoms with Gasteiger partial charge in [-0.05, 0) is 53.9 Å². The highest BCUT2D eigenvalue weighted by atomic mass is 79.9. The Morgan fingerprint density at radius 2 is 2.11 bits per heavy atom. The number of anilines is 1. The predicted octanol–water partition coefficient (Wildman–Crippen LogP) is 2.39. The number of piperazine rings is 1. The van der Waals surface area contributed by atoms with Crippen LogP contribution >= 0.6 is 15.9 Å². The van der Waals surface area contributed by atoms with E-state index >= 15 is 0 Å². The number of benzene rings is 1. The van der Waals surface area contributed by atoms with Gasteiger partial charge in [0.25, 0.3) is 5.91 Å². The number of hydrogen-bond acceptors (Lipinski definition) is 2. The molecule has 1 heterocycles. The van der Waals surface area contributed by atoms with Gasteiger partial charge in [0, 0.05) is 4.47 Å². The molecule has 1 aromatic rings. The molecule has 102 valence electrons. The van der Waals surface area contributed by atoms with Crippen molar-refractivity contribution in [3.63, 3.8) is 0 Å². The predicted molar refractivity (Wildman–Crippen MR) is 78.1 cm³/mol. The molecule has 1 aliphatic rings. The minimum absolute atomic E-state index is 0.0659. The molecule has 1 aliphatic heterocycles. The van der Waals surface area contributed by atoms with Crippen molar-refractivity contribution < 1.29 is 9.59 Å². The molecule has 0 aliphatic carbocycles. The summed E-state index contributed by atoms with van der Waals surface area (Å²) in [5.41, 5.74) is 0.980. The van der Waals surface area contributed by atoms with Gasteiger partial charge in [-0.3, -0.25) is 14.5 Å². The van der Waals surface area contributed by atoms with E-state index in [1.54, 1.807) is 11.8 Å². The van der Waals surface area contributed by atoms with Crippen molar-refractivity contribution in [1.29, 1.82) is 0 Å². The van der Waals surface area contributed by atoms with Gasteiger partial charge in [0.15, 0.2) is 0 Å². The standard InChI is InChI=1S/C14H17BrN2O2/c1-4-14(3)13(19)17(8-12(18)16-14)11-7-9(2)5-6-10(11)15/h5-7H,4,8H2,1-3H3,(H,16,18). The molecule has 1 fully saturated rings. The number of nitrogens with zero attached hydrogens (tertiary/aromatic N) is 1. The molecule has 5 heteroatoms. The molecule has 2 amide bonds. The van der Waals surface area contributed by atoms with E-state index in [1.165, 1.54) is 0 Å². The molecule has 2 rings (SSSR count). The SMILES string of the molecule is CCC1(C)NC(=O)CN(c2cc(C)ccc2Br)C1=O. The van der Waals surface area contributed by atoms with Crippen LogP contribution in [0.2, 0.25) is 0 Å². The summed E-state index contributed by atoms with van der Waals surface area (Å²) in [5, 5.41) is 2.78. The summed E-state index contributed by atoms with van der Waals surface area (Å²) in [5.74, 6) is -0.196. The molecule has 0 spiro atoms. The number of halogens is 1. The van der Waals surface area contributed by atoms with E-state index in [0.29, 0.717) is 6.42 Å². The van der Waals surface area contributed by atoms with Crippen LogP contribution in [-0.2, 0) is 9.59 Å². The molecule has 1 aromatic carbocycles. The average Bonchev–Trinajstić information content (AvgIpc) is 2.37. The second-order valence-corrected chi connectivity index (χ2v) is 5.93. The largest absolute Gasteiger partial charge is 0.340 e. The maximum atomic E-state index is 12.6. The van der Waals surface area contributed by atoms with Crippen LogP contribution in [0.15, 0.2) is 22.7 Å². The first-order valence-corrected chi connectivity index (χ1v) is 7.06. The fraction of sp³-hybridized carbons (Fsp3) is 0.429. The van der Waals surface area contributed by atoms with Crippen LogP contribution in [0.25, 0.3) is 0 Å². The van der Waals surface area contributed by atoms with Gasteiger partial charge in [-0.1, -0.05) is 13.0 Å². The van der Waals surface area contributed by atoms with Crippen molar-refractivity contribution in [2.45, 2.75) is 32.7 Å². The highest BCUT2D eigenvalue weighted by Gasteiger charge is 2.42. The first kappa shape index (κ1) is 14.1. The first-order valence-electron chi connectivity index (χ1n) is 6.26. The summed E-state index contributed by atoms with van der Waals surface area (Å²) >= 11 is 3.45. The average molecular weight is 325 g/mol. The van der Waals surface area contributed by atoms with Gasteiger partial charge in [-0.2, -0.15) is 0 Å². The number of rotatable bonds is 2. The zero-order valence-corrected chi connectivity index (χ0v) is 12.9. The second-order valence-electron chi connectivity index (χ2n) is 5.08. The van der Waals surface area contributed by atoms with Gasteiger partial charge in [0.1, 0.15) is 12.1 Å². The third-order valence-corrected chi connectivity index (χ3v) is 4.20. The Bertz CT molecular complexity index is 544. The Hall–Kier alpha value is -1.36. The summed E-state index contributed by atoms with van der Waals surface area (Å²) in [7, 11) is 0. The monoisotopic (exact) mass is 324 g/mol. The Morgan fingerprint density at radius 1 is 1.42 bits per heavy atom. The lowest BCUT2D eigenvalue weighted by atomic mass is 9.94. The van der Waals surface area contributed by atoms with Gasteiger partial charge < -0.3 is 5.32 Å². The molecule has 1 N–H and O–H groups in total. The Labute approximate surface area is 121 Å². The Kier molecular flexibility index (Phi) is 3.67. The van der Waals surface area contributed by atoms with Crippen molar-refractivity contribution in [1.82, 2.24) is 5.32 Å². The molecule has 0 bridgehead atoms. The van der Waals surface area contributed by atoms with Crippen LogP contribution in [0.5, 0.6) is 0 Å². The summed E-state index contributed by atoms with van der Waals surface area (Å²) in [6.45, 7) is 5.69. The molecule has 0 saturated carbocycles. The molecule has 19 heavy (non-hydrogen) atoms. The highest BCUT2D eigenvalue weighted by Crippen LogP contribution is 2.31. The van der Waals surface area contributed by atoms with Crippen LogP contribution in [0.1, 0.15) is 25.8 Å². The van der Waals surface area contributed by atoms with Crippen LogP contribution < -0.4 is 10.2 Å². The smallest absolute Gasteiger partial charge is 0.252 e. The van der Waals surface area contributed by atoms with E-state index in [4.69, 9.17) is 0 Å². The van der Waals surface area contributed by atoms with Crippen LogP contribution in [0, 0.1) is 6.92 Å². The molecular weight excluding hydrogens is 308 g/mol.